The van der Waals surface area contributed by atoms with Crippen LogP contribution < -0.4 is 14.2 Å². The first-order chi connectivity index (χ1) is 13.6. The van der Waals surface area contributed by atoms with Crippen LogP contribution in [0.4, 0.5) is 0 Å². The number of carboxylic acids is 1. The Morgan fingerprint density at radius 1 is 0.929 bits per heavy atom. The molecule has 0 saturated heterocycles. The maximum Gasteiger partial charge on any atom is 0.372 e. The van der Waals surface area contributed by atoms with Gasteiger partial charge in [0.2, 0.25) is 17.5 Å². The lowest BCUT2D eigenvalue weighted by atomic mass is 9.98. The van der Waals surface area contributed by atoms with Crippen molar-refractivity contribution in [1.82, 2.24) is 15.0 Å². The van der Waals surface area contributed by atoms with Crippen molar-refractivity contribution < 1.29 is 24.1 Å². The maximum absolute atomic E-state index is 12.1. The molecule has 1 aromatic carbocycles. The van der Waals surface area contributed by atoms with Gasteiger partial charge in [-0.15, -0.1) is 0 Å². The molecule has 1 N–H and O–H groups in total. The van der Waals surface area contributed by atoms with Crippen molar-refractivity contribution >= 4 is 11.5 Å². The fourth-order valence-corrected chi connectivity index (χ4v) is 2.48. The smallest absolute Gasteiger partial charge is 0.372 e. The van der Waals surface area contributed by atoms with Gasteiger partial charge in [0.25, 0.3) is 0 Å². The Morgan fingerprint density at radius 3 is 2.11 bits per heavy atom. The fourth-order valence-electron chi connectivity index (χ4n) is 2.48. The number of aliphatic carboxylic acids is 1. The Hall–Kier alpha value is -3.94. The number of rotatable bonds is 7. The second-order valence-corrected chi connectivity index (χ2v) is 5.45. The number of nitrogens with zero attached hydrogens (tertiary/aromatic N) is 3. The molecule has 8 nitrogen and oxygen atoms in total. The SMILES string of the molecule is COc1cc(OC)nc(OC(C(=O)O)=C(c2ccccc2)c2cccnc2)n1. The van der Waals surface area contributed by atoms with E-state index in [1.807, 2.05) is 6.07 Å². The van der Waals surface area contributed by atoms with E-state index in [-0.39, 0.29) is 23.5 Å². The number of hydrogen-bond donors (Lipinski definition) is 1. The molecule has 0 unspecified atom stereocenters. The normalized spacial score (nSPS) is 11.4. The average Bonchev–Trinajstić information content (AvgIpc) is 2.74. The summed E-state index contributed by atoms with van der Waals surface area (Å²) in [4.78, 5) is 24.2. The molecule has 2 heterocycles. The van der Waals surface area contributed by atoms with Crippen molar-refractivity contribution in [3.05, 3.63) is 77.8 Å². The van der Waals surface area contributed by atoms with Gasteiger partial charge in [-0.05, 0) is 11.6 Å². The predicted molar refractivity (Wildman–Crippen MR) is 100 cm³/mol. The highest BCUT2D eigenvalue weighted by Gasteiger charge is 2.22. The third kappa shape index (κ3) is 4.24. The Morgan fingerprint density at radius 2 is 1.57 bits per heavy atom. The van der Waals surface area contributed by atoms with Crippen LogP contribution in [0.15, 0.2) is 66.7 Å². The lowest BCUT2D eigenvalue weighted by Gasteiger charge is -2.14. The van der Waals surface area contributed by atoms with Crippen LogP contribution in [-0.4, -0.2) is 40.2 Å². The lowest BCUT2D eigenvalue weighted by Crippen LogP contribution is -2.13. The minimum atomic E-state index is -1.28. The summed E-state index contributed by atoms with van der Waals surface area (Å²) in [6, 6.07) is 13.7. The quantitative estimate of drug-likeness (QED) is 0.494. The van der Waals surface area contributed by atoms with E-state index in [0.717, 1.165) is 0 Å². The molecule has 0 bridgehead atoms. The Balaban J connectivity index is 2.18. The highest BCUT2D eigenvalue weighted by atomic mass is 16.5. The van der Waals surface area contributed by atoms with Crippen molar-refractivity contribution in [2.75, 3.05) is 14.2 Å². The molecular formula is C20H17N3O5. The summed E-state index contributed by atoms with van der Waals surface area (Å²) in [5, 5.41) is 9.86. The van der Waals surface area contributed by atoms with E-state index in [1.165, 1.54) is 20.3 Å². The van der Waals surface area contributed by atoms with Crippen molar-refractivity contribution in [2.45, 2.75) is 0 Å². The van der Waals surface area contributed by atoms with Crippen LogP contribution in [0, 0.1) is 0 Å². The largest absolute Gasteiger partial charge is 0.481 e. The molecule has 8 heteroatoms. The first-order valence-electron chi connectivity index (χ1n) is 8.20. The zero-order chi connectivity index (χ0) is 19.9. The summed E-state index contributed by atoms with van der Waals surface area (Å²) in [6.45, 7) is 0. The number of benzene rings is 1. The monoisotopic (exact) mass is 379 g/mol. The second kappa shape index (κ2) is 8.63. The van der Waals surface area contributed by atoms with E-state index in [1.54, 1.807) is 48.8 Å². The van der Waals surface area contributed by atoms with E-state index in [2.05, 4.69) is 15.0 Å². The zero-order valence-electron chi connectivity index (χ0n) is 15.2. The highest BCUT2D eigenvalue weighted by Crippen LogP contribution is 2.29. The van der Waals surface area contributed by atoms with Gasteiger partial charge in [0, 0.05) is 23.5 Å². The molecular weight excluding hydrogens is 362 g/mol. The van der Waals surface area contributed by atoms with Gasteiger partial charge in [-0.2, -0.15) is 9.97 Å². The molecule has 0 aliphatic rings. The minimum absolute atomic E-state index is 0.175. The molecule has 0 spiro atoms. The molecule has 3 rings (SSSR count). The van der Waals surface area contributed by atoms with Crippen LogP contribution in [0.3, 0.4) is 0 Å². The van der Waals surface area contributed by atoms with Crippen LogP contribution >= 0.6 is 0 Å². The average molecular weight is 379 g/mol. The summed E-state index contributed by atoms with van der Waals surface area (Å²) in [6.07, 6.45) is 3.16. The maximum atomic E-state index is 12.1. The number of aromatic nitrogens is 3. The van der Waals surface area contributed by atoms with Gasteiger partial charge in [0.1, 0.15) is 0 Å². The van der Waals surface area contributed by atoms with Crippen molar-refractivity contribution in [1.29, 1.82) is 0 Å². The van der Waals surface area contributed by atoms with Crippen LogP contribution in [0.25, 0.3) is 5.57 Å². The number of hydrogen-bond acceptors (Lipinski definition) is 7. The van der Waals surface area contributed by atoms with Gasteiger partial charge in [-0.1, -0.05) is 36.4 Å². The van der Waals surface area contributed by atoms with Crippen molar-refractivity contribution in [3.63, 3.8) is 0 Å². The van der Waals surface area contributed by atoms with E-state index in [9.17, 15) is 9.90 Å². The number of ether oxygens (including phenoxy) is 3. The summed E-state index contributed by atoms with van der Waals surface area (Å²) < 4.78 is 15.8. The zero-order valence-corrected chi connectivity index (χ0v) is 15.2. The number of carbonyl (C=O) groups is 1. The van der Waals surface area contributed by atoms with Crippen LogP contribution in [0.1, 0.15) is 11.1 Å². The van der Waals surface area contributed by atoms with E-state index < -0.39 is 5.97 Å². The summed E-state index contributed by atoms with van der Waals surface area (Å²) in [5.41, 5.74) is 1.55. The van der Waals surface area contributed by atoms with Crippen LogP contribution in [0.2, 0.25) is 0 Å². The van der Waals surface area contributed by atoms with Crippen molar-refractivity contribution in [3.8, 4) is 17.8 Å². The number of methoxy groups -OCH3 is 2. The fraction of sp³-hybridized carbons (Fsp3) is 0.100. The molecule has 0 aliphatic heterocycles. The number of carboxylic acid groups (broad SMARTS) is 1. The predicted octanol–water partition coefficient (Wildman–Crippen LogP) is 2.81. The molecule has 0 aliphatic carbocycles. The molecule has 0 fully saturated rings. The lowest BCUT2D eigenvalue weighted by molar-refractivity contribution is -0.135. The third-order valence-electron chi connectivity index (χ3n) is 3.70. The van der Waals surface area contributed by atoms with Crippen LogP contribution in [-0.2, 0) is 4.79 Å². The molecule has 2 aromatic heterocycles. The van der Waals surface area contributed by atoms with Gasteiger partial charge in [-0.25, -0.2) is 4.79 Å². The third-order valence-corrected chi connectivity index (χ3v) is 3.70. The van der Waals surface area contributed by atoms with E-state index in [4.69, 9.17) is 14.2 Å². The summed E-state index contributed by atoms with van der Waals surface area (Å²) in [5.74, 6) is -1.29. The topological polar surface area (TPSA) is 104 Å². The standard InChI is InChI=1S/C20H17N3O5/c1-26-15-11-16(27-2)23-20(22-15)28-18(19(24)25)17(13-7-4-3-5-8-13)14-9-6-10-21-12-14/h3-12H,1-2H3,(H,24,25). The molecule has 0 radical (unpaired) electrons. The first-order valence-corrected chi connectivity index (χ1v) is 8.20. The summed E-state index contributed by atoms with van der Waals surface area (Å²) in [7, 11) is 2.84. The van der Waals surface area contributed by atoms with E-state index in [0.29, 0.717) is 16.7 Å². The Bertz CT molecular complexity index is 927. The van der Waals surface area contributed by atoms with E-state index >= 15 is 0 Å². The molecule has 0 saturated carbocycles. The van der Waals surface area contributed by atoms with Crippen LogP contribution in [0.5, 0.6) is 17.8 Å². The van der Waals surface area contributed by atoms with Gasteiger partial charge >= 0.3 is 12.0 Å². The highest BCUT2D eigenvalue weighted by molar-refractivity contribution is 5.99. The second-order valence-electron chi connectivity index (χ2n) is 5.45. The Kier molecular flexibility index (Phi) is 5.81. The minimum Gasteiger partial charge on any atom is -0.481 e. The molecule has 3 aromatic rings. The van der Waals surface area contributed by atoms with Gasteiger partial charge in [-0.3, -0.25) is 4.98 Å². The molecule has 0 atom stereocenters. The Labute approximate surface area is 161 Å². The number of pyridine rings is 1. The molecule has 142 valence electrons. The van der Waals surface area contributed by atoms with Crippen molar-refractivity contribution in [2.24, 2.45) is 0 Å². The van der Waals surface area contributed by atoms with Gasteiger partial charge in [0.15, 0.2) is 0 Å². The molecule has 0 amide bonds. The summed E-state index contributed by atoms with van der Waals surface area (Å²) >= 11 is 0. The first kappa shape index (κ1) is 18.8. The molecule has 28 heavy (non-hydrogen) atoms. The van der Waals surface area contributed by atoms with Gasteiger partial charge in [0.05, 0.1) is 20.3 Å². The van der Waals surface area contributed by atoms with Gasteiger partial charge < -0.3 is 19.3 Å².